The number of hydrogen-bond acceptors (Lipinski definition) is 3. The van der Waals surface area contributed by atoms with Gasteiger partial charge < -0.3 is 18.0 Å². The van der Waals surface area contributed by atoms with Gasteiger partial charge in [-0.2, -0.15) is 0 Å². The van der Waals surface area contributed by atoms with Crippen molar-refractivity contribution in [3.8, 4) is 0 Å². The van der Waals surface area contributed by atoms with Gasteiger partial charge in [0.2, 0.25) is 0 Å². The molecule has 0 aliphatic rings. The van der Waals surface area contributed by atoms with Crippen molar-refractivity contribution in [2.75, 3.05) is 0 Å². The van der Waals surface area contributed by atoms with Gasteiger partial charge in [-0.1, -0.05) is 24.3 Å². The van der Waals surface area contributed by atoms with Crippen molar-refractivity contribution < 1.29 is 0 Å². The molecule has 6 heteroatoms. The van der Waals surface area contributed by atoms with Crippen LogP contribution >= 0.6 is 50.9 Å². The van der Waals surface area contributed by atoms with Gasteiger partial charge in [-0.3, -0.25) is 0 Å². The molecule has 0 fully saturated rings. The molecule has 8 N–H and O–H groups in total. The van der Waals surface area contributed by atoms with Gasteiger partial charge in [-0.15, -0.1) is 50.9 Å². The van der Waals surface area contributed by atoms with Gasteiger partial charge in [0, 0.05) is 5.54 Å². The third-order valence-corrected chi connectivity index (χ3v) is 1.84. The van der Waals surface area contributed by atoms with Gasteiger partial charge in [-0.05, 0) is 31.9 Å². The van der Waals surface area contributed by atoms with E-state index in [4.69, 9.17) is 5.73 Å². The molecule has 0 aliphatic heterocycles. The standard InChI is InChI=1S/C10H15N.3BrH.2H3N/c1-8-6-4-5-7-9(8)10(2,3)11;;;;;/h4-7H,11H2,1-3H3;3*1H;2*1H3. The fourth-order valence-corrected chi connectivity index (χ4v) is 1.30. The van der Waals surface area contributed by atoms with Gasteiger partial charge in [0.1, 0.15) is 0 Å². The van der Waals surface area contributed by atoms with Crippen LogP contribution in [-0.4, -0.2) is 0 Å². The number of rotatable bonds is 1. The normalized spacial score (nSPS) is 8.00. The van der Waals surface area contributed by atoms with Crippen molar-refractivity contribution >= 4 is 50.9 Å². The maximum atomic E-state index is 5.96. The molecule has 16 heavy (non-hydrogen) atoms. The fraction of sp³-hybridized carbons (Fsp3) is 0.400. The molecule has 0 saturated carbocycles. The monoisotopic (exact) mass is 423 g/mol. The zero-order valence-electron chi connectivity index (χ0n) is 10.0. The van der Waals surface area contributed by atoms with E-state index < -0.39 is 0 Å². The molecule has 0 unspecified atom stereocenters. The smallest absolute Gasteiger partial charge is 0.0355 e. The van der Waals surface area contributed by atoms with Crippen molar-refractivity contribution in [2.45, 2.75) is 26.3 Å². The average molecular weight is 426 g/mol. The first-order valence-electron chi connectivity index (χ1n) is 3.87. The highest BCUT2D eigenvalue weighted by molar-refractivity contribution is 8.93. The minimum absolute atomic E-state index is 0. The summed E-state index contributed by atoms with van der Waals surface area (Å²) in [5.41, 5.74) is 8.23. The van der Waals surface area contributed by atoms with Gasteiger partial charge in [-0.25, -0.2) is 0 Å². The van der Waals surface area contributed by atoms with E-state index in [9.17, 15) is 0 Å². The third kappa shape index (κ3) is 8.66. The Morgan fingerprint density at radius 2 is 1.31 bits per heavy atom. The molecule has 0 spiro atoms. The van der Waals surface area contributed by atoms with Gasteiger partial charge in [0.25, 0.3) is 0 Å². The minimum Gasteiger partial charge on any atom is -0.344 e. The molecule has 1 aromatic rings. The molecule has 0 amide bonds. The molecular weight excluding hydrogens is 402 g/mol. The predicted octanol–water partition coefficient (Wildman–Crippen LogP) is 4.25. The number of halogens is 3. The van der Waals surface area contributed by atoms with Crippen molar-refractivity contribution in [3.05, 3.63) is 35.4 Å². The fourth-order valence-electron chi connectivity index (χ4n) is 1.30. The van der Waals surface area contributed by atoms with Crippen LogP contribution in [0.3, 0.4) is 0 Å². The summed E-state index contributed by atoms with van der Waals surface area (Å²) in [7, 11) is 0. The Bertz CT molecular complexity index is 262. The van der Waals surface area contributed by atoms with Crippen molar-refractivity contribution in [2.24, 2.45) is 5.73 Å². The molecule has 0 aliphatic carbocycles. The lowest BCUT2D eigenvalue weighted by molar-refractivity contribution is 0.551. The quantitative estimate of drug-likeness (QED) is 0.627. The van der Waals surface area contributed by atoms with Crippen LogP contribution in [0, 0.1) is 6.92 Å². The number of hydrogen-bond donors (Lipinski definition) is 3. The largest absolute Gasteiger partial charge is 0.344 e. The maximum Gasteiger partial charge on any atom is 0.0355 e. The molecule has 100 valence electrons. The van der Waals surface area contributed by atoms with Crippen LogP contribution in [0.1, 0.15) is 25.0 Å². The summed E-state index contributed by atoms with van der Waals surface area (Å²) in [5, 5.41) is 0. The molecule has 1 aromatic carbocycles. The van der Waals surface area contributed by atoms with Gasteiger partial charge >= 0.3 is 0 Å². The van der Waals surface area contributed by atoms with Crippen LogP contribution in [0.5, 0.6) is 0 Å². The van der Waals surface area contributed by atoms with E-state index in [0.29, 0.717) is 0 Å². The Morgan fingerprint density at radius 1 is 0.938 bits per heavy atom. The Labute approximate surface area is 130 Å². The van der Waals surface area contributed by atoms with E-state index in [0.717, 1.165) is 0 Å². The van der Waals surface area contributed by atoms with Crippen molar-refractivity contribution in [1.82, 2.24) is 12.3 Å². The van der Waals surface area contributed by atoms with Gasteiger partial charge in [0.15, 0.2) is 0 Å². The summed E-state index contributed by atoms with van der Waals surface area (Å²) >= 11 is 0. The lowest BCUT2D eigenvalue weighted by atomic mass is 9.92. The zero-order chi connectivity index (χ0) is 8.48. The highest BCUT2D eigenvalue weighted by Crippen LogP contribution is 2.19. The third-order valence-electron chi connectivity index (χ3n) is 1.84. The maximum absolute atomic E-state index is 5.96. The van der Waals surface area contributed by atoms with Crippen LogP contribution in [0.25, 0.3) is 0 Å². The molecule has 0 saturated heterocycles. The number of aryl methyl sites for hydroxylation is 1. The summed E-state index contributed by atoms with van der Waals surface area (Å²) < 4.78 is 0. The minimum atomic E-state index is -0.217. The van der Waals surface area contributed by atoms with E-state index in [1.54, 1.807) is 0 Å². The van der Waals surface area contributed by atoms with E-state index in [1.807, 2.05) is 26.0 Å². The average Bonchev–Trinajstić information content (AvgIpc) is 1.86. The van der Waals surface area contributed by atoms with Crippen molar-refractivity contribution in [1.29, 1.82) is 0 Å². The Balaban J connectivity index is -0.0000000807. The second-order valence-electron chi connectivity index (χ2n) is 3.54. The van der Waals surface area contributed by atoms with Crippen LogP contribution in [0.2, 0.25) is 0 Å². The SMILES string of the molecule is Br.Br.Br.Cc1ccccc1C(C)(C)N.N.N. The van der Waals surface area contributed by atoms with E-state index in [1.165, 1.54) is 11.1 Å². The molecule has 0 aromatic heterocycles. The Hall–Kier alpha value is 0.540. The first-order valence-corrected chi connectivity index (χ1v) is 3.87. The van der Waals surface area contributed by atoms with E-state index in [2.05, 4.69) is 19.1 Å². The van der Waals surface area contributed by atoms with E-state index >= 15 is 0 Å². The highest BCUT2D eigenvalue weighted by atomic mass is 79.9. The summed E-state index contributed by atoms with van der Waals surface area (Å²) in [5.74, 6) is 0. The highest BCUT2D eigenvalue weighted by Gasteiger charge is 2.14. The molecule has 3 nitrogen and oxygen atoms in total. The first kappa shape index (κ1) is 30.0. The lowest BCUT2D eigenvalue weighted by Crippen LogP contribution is -2.29. The summed E-state index contributed by atoms with van der Waals surface area (Å²) in [6.07, 6.45) is 0. The molecule has 0 bridgehead atoms. The Morgan fingerprint density at radius 3 is 1.56 bits per heavy atom. The second-order valence-corrected chi connectivity index (χ2v) is 3.54. The van der Waals surface area contributed by atoms with Crippen LogP contribution in [0.4, 0.5) is 0 Å². The lowest BCUT2D eigenvalue weighted by Gasteiger charge is -2.21. The molecule has 1 rings (SSSR count). The predicted molar refractivity (Wildman–Crippen MR) is 89.4 cm³/mol. The molecule has 0 atom stereocenters. The van der Waals surface area contributed by atoms with E-state index in [-0.39, 0.29) is 68.8 Å². The Kier molecular flexibility index (Phi) is 22.5. The zero-order valence-corrected chi connectivity index (χ0v) is 15.2. The first-order chi connectivity index (χ1) is 5.02. The number of benzene rings is 1. The molecular formula is C10H24Br3N3. The topological polar surface area (TPSA) is 96.0 Å². The van der Waals surface area contributed by atoms with Crippen molar-refractivity contribution in [3.63, 3.8) is 0 Å². The van der Waals surface area contributed by atoms with Crippen LogP contribution in [-0.2, 0) is 5.54 Å². The summed E-state index contributed by atoms with van der Waals surface area (Å²) in [6.45, 7) is 6.13. The summed E-state index contributed by atoms with van der Waals surface area (Å²) in [6, 6.07) is 8.22. The van der Waals surface area contributed by atoms with Crippen LogP contribution < -0.4 is 18.0 Å². The molecule has 0 heterocycles. The van der Waals surface area contributed by atoms with Gasteiger partial charge in [0.05, 0.1) is 0 Å². The van der Waals surface area contributed by atoms with Crippen LogP contribution in [0.15, 0.2) is 24.3 Å². The second kappa shape index (κ2) is 12.0. The molecule has 0 radical (unpaired) electrons. The number of nitrogens with two attached hydrogens (primary N) is 1. The summed E-state index contributed by atoms with van der Waals surface area (Å²) in [4.78, 5) is 0.